The van der Waals surface area contributed by atoms with Crippen LogP contribution in [-0.2, 0) is 24.3 Å². The van der Waals surface area contributed by atoms with Crippen LogP contribution in [0, 0.1) is 0 Å². The maximum absolute atomic E-state index is 12.9. The smallest absolute Gasteiger partial charge is 0.236 e. The van der Waals surface area contributed by atoms with Crippen molar-refractivity contribution < 1.29 is 4.79 Å². The highest BCUT2D eigenvalue weighted by Gasteiger charge is 2.30. The van der Waals surface area contributed by atoms with Gasteiger partial charge in [-0.1, -0.05) is 48.9 Å². The van der Waals surface area contributed by atoms with Gasteiger partial charge in [0.2, 0.25) is 5.91 Å². The highest BCUT2D eigenvalue weighted by molar-refractivity contribution is 5.78. The van der Waals surface area contributed by atoms with Gasteiger partial charge in [0.1, 0.15) is 0 Å². The van der Waals surface area contributed by atoms with E-state index in [4.69, 9.17) is 0 Å². The van der Waals surface area contributed by atoms with Crippen LogP contribution in [0.3, 0.4) is 0 Å². The Hall–Kier alpha value is -2.21. The molecule has 2 fully saturated rings. The van der Waals surface area contributed by atoms with Crippen LogP contribution in [0.5, 0.6) is 0 Å². The lowest BCUT2D eigenvalue weighted by Gasteiger charge is -2.43. The maximum atomic E-state index is 12.9. The van der Waals surface area contributed by atoms with E-state index in [0.717, 1.165) is 58.3 Å². The lowest BCUT2D eigenvalue weighted by Crippen LogP contribution is -2.55. The van der Waals surface area contributed by atoms with Gasteiger partial charge in [-0.15, -0.1) is 0 Å². The van der Waals surface area contributed by atoms with Crippen LogP contribution in [0.15, 0.2) is 42.5 Å². The molecule has 2 heterocycles. The molecule has 5 nitrogen and oxygen atoms in total. The lowest BCUT2D eigenvalue weighted by atomic mass is 9.91. The van der Waals surface area contributed by atoms with E-state index in [-0.39, 0.29) is 0 Å². The first-order valence-electron chi connectivity index (χ1n) is 12.7. The molecule has 2 aromatic rings. The van der Waals surface area contributed by atoms with Gasteiger partial charge in [0.15, 0.2) is 0 Å². The summed E-state index contributed by atoms with van der Waals surface area (Å²) in [5, 5.41) is 0. The molecular weight excluding hydrogens is 408 g/mol. The quantitative estimate of drug-likeness (QED) is 0.680. The van der Waals surface area contributed by atoms with Gasteiger partial charge >= 0.3 is 0 Å². The second-order valence-corrected chi connectivity index (χ2v) is 10.4. The van der Waals surface area contributed by atoms with Gasteiger partial charge in [-0.3, -0.25) is 14.6 Å². The minimum atomic E-state index is 0.307. The Kier molecular flexibility index (Phi) is 6.81. The van der Waals surface area contributed by atoms with Crippen molar-refractivity contribution in [3.8, 4) is 11.1 Å². The van der Waals surface area contributed by atoms with Crippen molar-refractivity contribution in [3.63, 3.8) is 0 Å². The van der Waals surface area contributed by atoms with E-state index >= 15 is 0 Å². The SMILES string of the molecule is CN(C)Cc1ccc(-c2ccc3c(c2)CCN(CC(=O)N2CCN(C4CCC4)CC2)C3)cc1. The van der Waals surface area contributed by atoms with Crippen molar-refractivity contribution in [1.82, 2.24) is 19.6 Å². The zero-order valence-corrected chi connectivity index (χ0v) is 20.3. The van der Waals surface area contributed by atoms with Gasteiger partial charge in [-0.25, -0.2) is 0 Å². The van der Waals surface area contributed by atoms with Crippen molar-refractivity contribution >= 4 is 5.91 Å². The summed E-state index contributed by atoms with van der Waals surface area (Å²) in [5.41, 5.74) is 6.71. The lowest BCUT2D eigenvalue weighted by molar-refractivity contribution is -0.135. The topological polar surface area (TPSA) is 30.0 Å². The van der Waals surface area contributed by atoms with Crippen molar-refractivity contribution in [1.29, 1.82) is 0 Å². The number of hydrogen-bond donors (Lipinski definition) is 0. The molecule has 0 radical (unpaired) electrons. The predicted molar refractivity (Wildman–Crippen MR) is 134 cm³/mol. The summed E-state index contributed by atoms with van der Waals surface area (Å²) in [6.07, 6.45) is 5.10. The Labute approximate surface area is 199 Å². The van der Waals surface area contributed by atoms with E-state index < -0.39 is 0 Å². The molecule has 2 aliphatic heterocycles. The van der Waals surface area contributed by atoms with Gasteiger partial charge in [0.05, 0.1) is 6.54 Å². The zero-order chi connectivity index (χ0) is 22.8. The summed E-state index contributed by atoms with van der Waals surface area (Å²) in [6, 6.07) is 16.6. The van der Waals surface area contributed by atoms with Crippen molar-refractivity contribution in [3.05, 3.63) is 59.2 Å². The number of hydrogen-bond acceptors (Lipinski definition) is 4. The molecule has 0 unspecified atom stereocenters. The molecule has 5 rings (SSSR count). The molecule has 0 N–H and O–H groups in total. The second kappa shape index (κ2) is 9.96. The standard InChI is InChI=1S/C28H38N4O/c1-29(2)19-22-6-8-23(9-7-22)24-10-11-26-20-30(13-12-25(26)18-24)21-28(33)32-16-14-31(15-17-32)27-4-3-5-27/h6-11,18,27H,3-5,12-17,19-21H2,1-2H3. The number of amides is 1. The van der Waals surface area contributed by atoms with Crippen molar-refractivity contribution in [2.75, 3.05) is 53.4 Å². The van der Waals surface area contributed by atoms with E-state index in [1.807, 2.05) is 0 Å². The third kappa shape index (κ3) is 5.32. The molecule has 3 aliphatic rings. The number of carbonyl (C=O) groups is 1. The summed E-state index contributed by atoms with van der Waals surface area (Å²) >= 11 is 0. The first-order chi connectivity index (χ1) is 16.0. The molecule has 33 heavy (non-hydrogen) atoms. The summed E-state index contributed by atoms with van der Waals surface area (Å²) in [5.74, 6) is 0.307. The fraction of sp³-hybridized carbons (Fsp3) is 0.536. The third-order valence-electron chi connectivity index (χ3n) is 7.70. The molecule has 2 aromatic carbocycles. The minimum Gasteiger partial charge on any atom is -0.339 e. The molecule has 176 valence electrons. The van der Waals surface area contributed by atoms with Crippen LogP contribution >= 0.6 is 0 Å². The Balaban J connectivity index is 1.15. The van der Waals surface area contributed by atoms with E-state index in [1.54, 1.807) is 0 Å². The van der Waals surface area contributed by atoms with Crippen molar-refractivity contribution in [2.24, 2.45) is 0 Å². The van der Waals surface area contributed by atoms with E-state index in [1.165, 1.54) is 47.1 Å². The monoisotopic (exact) mass is 446 g/mol. The summed E-state index contributed by atoms with van der Waals surface area (Å²) in [7, 11) is 4.20. The molecule has 0 aromatic heterocycles. The number of piperazine rings is 1. The molecule has 1 saturated carbocycles. The highest BCUT2D eigenvalue weighted by Crippen LogP contribution is 2.28. The van der Waals surface area contributed by atoms with Gasteiger partial charge in [-0.05, 0) is 61.2 Å². The summed E-state index contributed by atoms with van der Waals surface area (Å²) in [6.45, 7) is 7.27. The van der Waals surface area contributed by atoms with Crippen LogP contribution in [-0.4, -0.2) is 84.9 Å². The van der Waals surface area contributed by atoms with Crippen LogP contribution in [0.1, 0.15) is 36.0 Å². The second-order valence-electron chi connectivity index (χ2n) is 10.4. The molecular formula is C28H38N4O. The molecule has 5 heteroatoms. The number of rotatable bonds is 6. The highest BCUT2D eigenvalue weighted by atomic mass is 16.2. The summed E-state index contributed by atoms with van der Waals surface area (Å²) in [4.78, 5) is 22.1. The largest absolute Gasteiger partial charge is 0.339 e. The minimum absolute atomic E-state index is 0.307. The number of benzene rings is 2. The van der Waals surface area contributed by atoms with Gasteiger partial charge < -0.3 is 9.80 Å². The Bertz CT molecular complexity index is 958. The van der Waals surface area contributed by atoms with Gasteiger partial charge in [0, 0.05) is 51.9 Å². The molecule has 0 bridgehead atoms. The van der Waals surface area contributed by atoms with Crippen LogP contribution in [0.4, 0.5) is 0 Å². The van der Waals surface area contributed by atoms with Crippen LogP contribution in [0.2, 0.25) is 0 Å². The van der Waals surface area contributed by atoms with Crippen LogP contribution in [0.25, 0.3) is 11.1 Å². The molecule has 1 aliphatic carbocycles. The fourth-order valence-electron chi connectivity index (χ4n) is 5.47. The summed E-state index contributed by atoms with van der Waals surface area (Å²) < 4.78 is 0. The number of fused-ring (bicyclic) bond motifs is 1. The molecule has 0 spiro atoms. The predicted octanol–water partition coefficient (Wildman–Crippen LogP) is 3.47. The van der Waals surface area contributed by atoms with Crippen molar-refractivity contribution in [2.45, 2.75) is 44.8 Å². The van der Waals surface area contributed by atoms with Crippen LogP contribution < -0.4 is 0 Å². The fourth-order valence-corrected chi connectivity index (χ4v) is 5.47. The molecule has 1 saturated heterocycles. The molecule has 1 amide bonds. The average Bonchev–Trinajstić information content (AvgIpc) is 2.78. The number of nitrogens with zero attached hydrogens (tertiary/aromatic N) is 4. The van der Waals surface area contributed by atoms with E-state index in [0.29, 0.717) is 12.5 Å². The third-order valence-corrected chi connectivity index (χ3v) is 7.70. The normalized spacial score (nSPS) is 20.0. The van der Waals surface area contributed by atoms with Gasteiger partial charge in [0.25, 0.3) is 0 Å². The maximum Gasteiger partial charge on any atom is 0.236 e. The Morgan fingerprint density at radius 3 is 2.30 bits per heavy atom. The molecule has 0 atom stereocenters. The Morgan fingerprint density at radius 1 is 0.909 bits per heavy atom. The van der Waals surface area contributed by atoms with Gasteiger partial charge in [-0.2, -0.15) is 0 Å². The first-order valence-corrected chi connectivity index (χ1v) is 12.7. The number of carbonyl (C=O) groups excluding carboxylic acids is 1. The first kappa shape index (κ1) is 22.6. The van der Waals surface area contributed by atoms with E-state index in [9.17, 15) is 4.79 Å². The average molecular weight is 447 g/mol. The van der Waals surface area contributed by atoms with E-state index in [2.05, 4.69) is 76.2 Å². The zero-order valence-electron chi connectivity index (χ0n) is 20.3. The Morgan fingerprint density at radius 2 is 1.64 bits per heavy atom.